The Kier molecular flexibility index (Phi) is 1.19. The molecule has 1 aliphatic carbocycles. The van der Waals surface area contributed by atoms with Gasteiger partial charge in [-0.3, -0.25) is 0 Å². The Labute approximate surface area is 86.5 Å². The van der Waals surface area contributed by atoms with Crippen molar-refractivity contribution in [3.05, 3.63) is 36.0 Å². The second kappa shape index (κ2) is 2.39. The lowest BCUT2D eigenvalue weighted by Crippen LogP contribution is -1.96. The summed E-state index contributed by atoms with van der Waals surface area (Å²) in [5.74, 6) is 2.92. The van der Waals surface area contributed by atoms with Crippen LogP contribution in [0, 0.1) is 0 Å². The van der Waals surface area contributed by atoms with E-state index in [-0.39, 0.29) is 0 Å². The molecule has 0 radical (unpaired) electrons. The standard InChI is InChI=1S/C11H8N4/c1-2-12-11(13-3-1)9-5-8-6-4-7(6)10(14-8)15-9/h1-3,5-7H,4H2. The lowest BCUT2D eigenvalue weighted by atomic mass is 10.2. The summed E-state index contributed by atoms with van der Waals surface area (Å²) in [4.78, 5) is 17.3. The fourth-order valence-corrected chi connectivity index (χ4v) is 2.19. The summed E-state index contributed by atoms with van der Waals surface area (Å²) >= 11 is 0. The summed E-state index contributed by atoms with van der Waals surface area (Å²) in [7, 11) is 0. The highest BCUT2D eigenvalue weighted by molar-refractivity contribution is 5.52. The molecule has 1 saturated carbocycles. The third-order valence-electron chi connectivity index (χ3n) is 3.06. The number of fused-ring (bicyclic) bond motifs is 5. The van der Waals surface area contributed by atoms with Crippen LogP contribution in [0.3, 0.4) is 0 Å². The molecule has 4 heteroatoms. The Morgan fingerprint density at radius 3 is 2.73 bits per heavy atom. The highest BCUT2D eigenvalue weighted by Crippen LogP contribution is 2.57. The maximum Gasteiger partial charge on any atom is 0.178 e. The Balaban J connectivity index is 1.89. The molecule has 2 aliphatic rings. The highest BCUT2D eigenvalue weighted by Gasteiger charge is 2.48. The van der Waals surface area contributed by atoms with Crippen LogP contribution in [0.2, 0.25) is 0 Å². The molecule has 2 atom stereocenters. The minimum Gasteiger partial charge on any atom is -0.237 e. The molecule has 1 aliphatic heterocycles. The summed E-state index contributed by atoms with van der Waals surface area (Å²) < 4.78 is 0. The molecule has 15 heavy (non-hydrogen) atoms. The number of hydrogen-bond donors (Lipinski definition) is 0. The van der Waals surface area contributed by atoms with E-state index in [1.165, 1.54) is 12.1 Å². The van der Waals surface area contributed by atoms with Crippen LogP contribution in [-0.4, -0.2) is 19.9 Å². The van der Waals surface area contributed by atoms with Crippen molar-refractivity contribution in [3.8, 4) is 11.5 Å². The van der Waals surface area contributed by atoms with Crippen molar-refractivity contribution in [2.24, 2.45) is 0 Å². The van der Waals surface area contributed by atoms with Crippen LogP contribution in [0.5, 0.6) is 0 Å². The zero-order valence-corrected chi connectivity index (χ0v) is 7.96. The van der Waals surface area contributed by atoms with Gasteiger partial charge in [0.25, 0.3) is 0 Å². The number of hydrogen-bond acceptors (Lipinski definition) is 4. The summed E-state index contributed by atoms with van der Waals surface area (Å²) in [5.41, 5.74) is 2.04. The van der Waals surface area contributed by atoms with Gasteiger partial charge in [0.1, 0.15) is 11.5 Å². The first kappa shape index (κ1) is 7.45. The maximum absolute atomic E-state index is 4.50. The molecule has 2 bridgehead atoms. The van der Waals surface area contributed by atoms with E-state index in [4.69, 9.17) is 0 Å². The first-order chi connectivity index (χ1) is 7.42. The van der Waals surface area contributed by atoms with Crippen molar-refractivity contribution in [2.45, 2.75) is 18.3 Å². The third kappa shape index (κ3) is 0.960. The fourth-order valence-electron chi connectivity index (χ4n) is 2.19. The van der Waals surface area contributed by atoms with Crippen molar-refractivity contribution in [1.82, 2.24) is 19.9 Å². The summed E-state index contributed by atoms with van der Waals surface area (Å²) in [6, 6.07) is 3.83. The van der Waals surface area contributed by atoms with Gasteiger partial charge in [-0.1, -0.05) is 0 Å². The molecule has 3 heterocycles. The van der Waals surface area contributed by atoms with E-state index in [1.54, 1.807) is 12.4 Å². The monoisotopic (exact) mass is 196 g/mol. The normalized spacial score (nSPS) is 25.1. The zero-order valence-electron chi connectivity index (χ0n) is 7.96. The molecule has 72 valence electrons. The Morgan fingerprint density at radius 1 is 1.07 bits per heavy atom. The Morgan fingerprint density at radius 2 is 1.93 bits per heavy atom. The van der Waals surface area contributed by atoms with Gasteiger partial charge in [-0.25, -0.2) is 19.9 Å². The van der Waals surface area contributed by atoms with Gasteiger partial charge in [-0.15, -0.1) is 0 Å². The molecule has 0 amide bonds. The van der Waals surface area contributed by atoms with Gasteiger partial charge in [0.2, 0.25) is 0 Å². The van der Waals surface area contributed by atoms with Crippen LogP contribution in [0.4, 0.5) is 0 Å². The SMILES string of the molecule is c1cnc(-c2cc3nc(n2)C2CC32)nc1. The smallest absolute Gasteiger partial charge is 0.178 e. The van der Waals surface area contributed by atoms with Gasteiger partial charge in [-0.2, -0.15) is 0 Å². The molecule has 4 rings (SSSR count). The first-order valence-electron chi connectivity index (χ1n) is 5.08. The quantitative estimate of drug-likeness (QED) is 0.693. The van der Waals surface area contributed by atoms with Gasteiger partial charge >= 0.3 is 0 Å². The molecule has 0 saturated heterocycles. The average Bonchev–Trinajstić information content (AvgIpc) is 3.05. The predicted molar refractivity (Wildman–Crippen MR) is 53.2 cm³/mol. The van der Waals surface area contributed by atoms with Crippen LogP contribution < -0.4 is 0 Å². The molecule has 0 spiro atoms. The topological polar surface area (TPSA) is 51.6 Å². The van der Waals surface area contributed by atoms with E-state index in [1.807, 2.05) is 12.1 Å². The minimum atomic E-state index is 0.595. The lowest BCUT2D eigenvalue weighted by Gasteiger charge is -2.00. The van der Waals surface area contributed by atoms with Crippen LogP contribution in [0.15, 0.2) is 24.5 Å². The van der Waals surface area contributed by atoms with Gasteiger partial charge < -0.3 is 0 Å². The van der Waals surface area contributed by atoms with Crippen LogP contribution in [-0.2, 0) is 0 Å². The van der Waals surface area contributed by atoms with Gasteiger partial charge in [-0.05, 0) is 18.6 Å². The average molecular weight is 196 g/mol. The van der Waals surface area contributed by atoms with E-state index in [0.717, 1.165) is 11.5 Å². The maximum atomic E-state index is 4.50. The molecule has 0 N–H and O–H groups in total. The largest absolute Gasteiger partial charge is 0.237 e. The molecule has 2 unspecified atom stereocenters. The van der Waals surface area contributed by atoms with E-state index in [0.29, 0.717) is 17.7 Å². The summed E-state index contributed by atoms with van der Waals surface area (Å²) in [5, 5.41) is 0. The summed E-state index contributed by atoms with van der Waals surface area (Å²) in [6.07, 6.45) is 4.71. The minimum absolute atomic E-state index is 0.595. The van der Waals surface area contributed by atoms with Gasteiger partial charge in [0, 0.05) is 29.9 Å². The van der Waals surface area contributed by atoms with Crippen LogP contribution in [0.1, 0.15) is 29.8 Å². The second-order valence-corrected chi connectivity index (χ2v) is 4.06. The van der Waals surface area contributed by atoms with E-state index in [9.17, 15) is 0 Å². The van der Waals surface area contributed by atoms with E-state index < -0.39 is 0 Å². The van der Waals surface area contributed by atoms with Crippen molar-refractivity contribution >= 4 is 0 Å². The second-order valence-electron chi connectivity index (χ2n) is 4.06. The van der Waals surface area contributed by atoms with Crippen molar-refractivity contribution in [2.75, 3.05) is 0 Å². The van der Waals surface area contributed by atoms with Crippen molar-refractivity contribution < 1.29 is 0 Å². The molecule has 1 fully saturated rings. The van der Waals surface area contributed by atoms with E-state index in [2.05, 4.69) is 19.9 Å². The highest BCUT2D eigenvalue weighted by atomic mass is 15.0. The van der Waals surface area contributed by atoms with E-state index >= 15 is 0 Å². The van der Waals surface area contributed by atoms with Crippen LogP contribution in [0.25, 0.3) is 11.5 Å². The molecular weight excluding hydrogens is 188 g/mol. The molecular formula is C11H8N4. The fraction of sp³-hybridized carbons (Fsp3) is 0.273. The van der Waals surface area contributed by atoms with Crippen LogP contribution >= 0.6 is 0 Å². The predicted octanol–water partition coefficient (Wildman–Crippen LogP) is 1.52. The van der Waals surface area contributed by atoms with Crippen molar-refractivity contribution in [3.63, 3.8) is 0 Å². The number of rotatable bonds is 1. The first-order valence-corrected chi connectivity index (χ1v) is 5.08. The molecule has 2 aromatic rings. The Bertz CT molecular complexity index is 511. The number of nitrogens with zero attached hydrogens (tertiary/aromatic N) is 4. The van der Waals surface area contributed by atoms with Gasteiger partial charge in [0.15, 0.2) is 5.82 Å². The summed E-state index contributed by atoms with van der Waals surface area (Å²) in [6.45, 7) is 0. The lowest BCUT2D eigenvalue weighted by molar-refractivity contribution is 0.961. The van der Waals surface area contributed by atoms with Gasteiger partial charge in [0.05, 0.1) is 0 Å². The zero-order chi connectivity index (χ0) is 9.83. The molecule has 2 aromatic heterocycles. The third-order valence-corrected chi connectivity index (χ3v) is 3.06. The molecule has 0 aromatic carbocycles. The molecule has 4 nitrogen and oxygen atoms in total. The van der Waals surface area contributed by atoms with Crippen molar-refractivity contribution in [1.29, 1.82) is 0 Å². The number of aromatic nitrogens is 4. The Hall–Kier alpha value is -1.84.